The maximum absolute atomic E-state index is 13.2. The largest absolute Gasteiger partial charge is 0.496 e. The number of ether oxygens (including phenoxy) is 1. The summed E-state index contributed by atoms with van der Waals surface area (Å²) in [5.74, 6) is 0.798. The highest BCUT2D eigenvalue weighted by Crippen LogP contribution is 2.28. The van der Waals surface area contributed by atoms with E-state index in [9.17, 15) is 4.79 Å². The summed E-state index contributed by atoms with van der Waals surface area (Å²) in [5, 5.41) is 2.08. The van der Waals surface area contributed by atoms with Gasteiger partial charge in [0.1, 0.15) is 5.75 Å². The molecule has 3 aromatic rings. The summed E-state index contributed by atoms with van der Waals surface area (Å²) in [7, 11) is 1.64. The molecular weight excluding hydrogens is 284 g/mol. The number of carbonyl (C=O) groups excluding carboxylic acids is 1. The van der Waals surface area contributed by atoms with Gasteiger partial charge in [0.2, 0.25) is 0 Å². The summed E-state index contributed by atoms with van der Waals surface area (Å²) in [5.41, 5.74) is 4.56. The Labute approximate surface area is 136 Å². The van der Waals surface area contributed by atoms with E-state index in [0.717, 1.165) is 38.8 Å². The third-order valence-electron chi connectivity index (χ3n) is 4.47. The molecule has 3 rings (SSSR count). The molecule has 0 fully saturated rings. The number of benzene rings is 3. The number of rotatable bonds is 3. The first-order valence-corrected chi connectivity index (χ1v) is 7.71. The van der Waals surface area contributed by atoms with Gasteiger partial charge in [0, 0.05) is 11.1 Å². The molecule has 0 saturated carbocycles. The lowest BCUT2D eigenvalue weighted by atomic mass is 9.92. The van der Waals surface area contributed by atoms with Crippen LogP contribution >= 0.6 is 0 Å². The van der Waals surface area contributed by atoms with Crippen LogP contribution in [-0.2, 0) is 0 Å². The van der Waals surface area contributed by atoms with E-state index in [2.05, 4.69) is 6.07 Å². The van der Waals surface area contributed by atoms with E-state index in [1.54, 1.807) is 7.11 Å². The van der Waals surface area contributed by atoms with Crippen LogP contribution in [0.4, 0.5) is 0 Å². The number of carbonyl (C=O) groups is 1. The zero-order chi connectivity index (χ0) is 16.6. The highest BCUT2D eigenvalue weighted by Gasteiger charge is 2.17. The standard InChI is InChI=1S/C21H20O2/c1-13-9-10-16-7-5-6-8-18(16)20(13)21(22)17-11-14(2)15(3)19(12-17)23-4/h5-12H,1-4H3. The molecule has 0 atom stereocenters. The number of ketones is 1. The monoisotopic (exact) mass is 304 g/mol. The minimum Gasteiger partial charge on any atom is -0.496 e. The molecule has 0 radical (unpaired) electrons. The summed E-state index contributed by atoms with van der Waals surface area (Å²) < 4.78 is 5.42. The van der Waals surface area contributed by atoms with Crippen molar-refractivity contribution in [2.24, 2.45) is 0 Å². The minimum atomic E-state index is 0.0423. The highest BCUT2D eigenvalue weighted by atomic mass is 16.5. The Bertz CT molecular complexity index is 907. The molecule has 2 heteroatoms. The van der Waals surface area contributed by atoms with Crippen LogP contribution in [0.2, 0.25) is 0 Å². The Morgan fingerprint density at radius 1 is 0.913 bits per heavy atom. The van der Waals surface area contributed by atoms with E-state index in [1.165, 1.54) is 0 Å². The molecule has 0 heterocycles. The van der Waals surface area contributed by atoms with E-state index in [1.807, 2.05) is 63.2 Å². The average molecular weight is 304 g/mol. The Morgan fingerprint density at radius 3 is 2.39 bits per heavy atom. The number of methoxy groups -OCH3 is 1. The molecule has 0 aliphatic rings. The van der Waals surface area contributed by atoms with Crippen LogP contribution in [0.15, 0.2) is 48.5 Å². The van der Waals surface area contributed by atoms with Gasteiger partial charge in [0.05, 0.1) is 7.11 Å². The summed E-state index contributed by atoms with van der Waals surface area (Å²) in [6.45, 7) is 5.99. The zero-order valence-electron chi connectivity index (χ0n) is 13.9. The van der Waals surface area contributed by atoms with Gasteiger partial charge in [0.25, 0.3) is 0 Å². The Morgan fingerprint density at radius 2 is 1.65 bits per heavy atom. The molecule has 3 aromatic carbocycles. The van der Waals surface area contributed by atoms with Crippen LogP contribution in [0.5, 0.6) is 5.75 Å². The lowest BCUT2D eigenvalue weighted by molar-refractivity contribution is 0.103. The Hall–Kier alpha value is -2.61. The molecule has 23 heavy (non-hydrogen) atoms. The van der Waals surface area contributed by atoms with E-state index in [4.69, 9.17) is 4.74 Å². The predicted octanol–water partition coefficient (Wildman–Crippen LogP) is 5.00. The molecule has 0 aliphatic carbocycles. The van der Waals surface area contributed by atoms with Gasteiger partial charge in [-0.05, 0) is 60.4 Å². The van der Waals surface area contributed by atoms with Crippen molar-refractivity contribution < 1.29 is 9.53 Å². The Kier molecular flexibility index (Phi) is 3.91. The van der Waals surface area contributed by atoms with Crippen molar-refractivity contribution in [1.82, 2.24) is 0 Å². The van der Waals surface area contributed by atoms with Gasteiger partial charge in [-0.3, -0.25) is 4.79 Å². The third-order valence-corrected chi connectivity index (χ3v) is 4.47. The summed E-state index contributed by atoms with van der Waals surface area (Å²) in [6.07, 6.45) is 0. The molecular formula is C21H20O2. The van der Waals surface area contributed by atoms with E-state index < -0.39 is 0 Å². The van der Waals surface area contributed by atoms with Crippen LogP contribution in [0.1, 0.15) is 32.6 Å². The molecule has 116 valence electrons. The second-order valence-corrected chi connectivity index (χ2v) is 5.93. The number of fused-ring (bicyclic) bond motifs is 1. The van der Waals surface area contributed by atoms with Gasteiger partial charge in [0.15, 0.2) is 5.78 Å². The zero-order valence-corrected chi connectivity index (χ0v) is 13.9. The smallest absolute Gasteiger partial charge is 0.194 e. The predicted molar refractivity (Wildman–Crippen MR) is 94.6 cm³/mol. The van der Waals surface area contributed by atoms with E-state index in [0.29, 0.717) is 5.56 Å². The van der Waals surface area contributed by atoms with Crippen molar-refractivity contribution in [2.45, 2.75) is 20.8 Å². The van der Waals surface area contributed by atoms with Gasteiger partial charge in [-0.1, -0.05) is 36.4 Å². The van der Waals surface area contributed by atoms with Crippen molar-refractivity contribution in [3.8, 4) is 5.75 Å². The first-order valence-electron chi connectivity index (χ1n) is 7.71. The van der Waals surface area contributed by atoms with Crippen molar-refractivity contribution >= 4 is 16.6 Å². The minimum absolute atomic E-state index is 0.0423. The normalized spacial score (nSPS) is 10.8. The Balaban J connectivity index is 2.22. The van der Waals surface area contributed by atoms with Crippen molar-refractivity contribution in [3.63, 3.8) is 0 Å². The van der Waals surface area contributed by atoms with Crippen LogP contribution in [0.3, 0.4) is 0 Å². The maximum atomic E-state index is 13.2. The molecule has 0 aromatic heterocycles. The molecule has 0 aliphatic heterocycles. The van der Waals surface area contributed by atoms with Gasteiger partial charge < -0.3 is 4.74 Å². The topological polar surface area (TPSA) is 26.3 Å². The van der Waals surface area contributed by atoms with Gasteiger partial charge in [-0.2, -0.15) is 0 Å². The number of hydrogen-bond donors (Lipinski definition) is 0. The molecule has 0 bridgehead atoms. The summed E-state index contributed by atoms with van der Waals surface area (Å²) in [4.78, 5) is 13.2. The molecule has 0 saturated heterocycles. The number of aryl methyl sites for hydroxylation is 2. The van der Waals surface area contributed by atoms with E-state index >= 15 is 0 Å². The van der Waals surface area contributed by atoms with Gasteiger partial charge in [-0.25, -0.2) is 0 Å². The summed E-state index contributed by atoms with van der Waals surface area (Å²) >= 11 is 0. The molecule has 0 spiro atoms. The van der Waals surface area contributed by atoms with E-state index in [-0.39, 0.29) is 5.78 Å². The highest BCUT2D eigenvalue weighted by molar-refractivity contribution is 6.17. The first kappa shape index (κ1) is 15.3. The first-order chi connectivity index (χ1) is 11.0. The molecule has 2 nitrogen and oxygen atoms in total. The fourth-order valence-electron chi connectivity index (χ4n) is 3.00. The lowest BCUT2D eigenvalue weighted by Crippen LogP contribution is -2.06. The summed E-state index contributed by atoms with van der Waals surface area (Å²) in [6, 6.07) is 15.9. The van der Waals surface area contributed by atoms with Crippen molar-refractivity contribution in [2.75, 3.05) is 7.11 Å². The quantitative estimate of drug-likeness (QED) is 0.636. The molecule has 0 unspecified atom stereocenters. The maximum Gasteiger partial charge on any atom is 0.194 e. The van der Waals surface area contributed by atoms with Crippen molar-refractivity contribution in [3.05, 3.63) is 76.3 Å². The van der Waals surface area contributed by atoms with Gasteiger partial charge in [-0.15, -0.1) is 0 Å². The van der Waals surface area contributed by atoms with Crippen LogP contribution in [-0.4, -0.2) is 12.9 Å². The number of hydrogen-bond acceptors (Lipinski definition) is 2. The van der Waals surface area contributed by atoms with Crippen LogP contribution < -0.4 is 4.74 Å². The fraction of sp³-hybridized carbons (Fsp3) is 0.190. The fourth-order valence-corrected chi connectivity index (χ4v) is 3.00. The molecule has 0 amide bonds. The SMILES string of the molecule is COc1cc(C(=O)c2c(C)ccc3ccccc23)cc(C)c1C. The van der Waals surface area contributed by atoms with Crippen LogP contribution in [0, 0.1) is 20.8 Å². The van der Waals surface area contributed by atoms with Crippen molar-refractivity contribution in [1.29, 1.82) is 0 Å². The third kappa shape index (κ3) is 2.61. The second kappa shape index (κ2) is 5.88. The van der Waals surface area contributed by atoms with Gasteiger partial charge >= 0.3 is 0 Å². The average Bonchev–Trinajstić information content (AvgIpc) is 2.56. The van der Waals surface area contributed by atoms with Crippen LogP contribution in [0.25, 0.3) is 10.8 Å². The lowest BCUT2D eigenvalue weighted by Gasteiger charge is -2.13. The second-order valence-electron chi connectivity index (χ2n) is 5.93. The molecule has 0 N–H and O–H groups in total.